The molecule has 0 unspecified atom stereocenters. The number of halogens is 1. The molecule has 6 heteroatoms. The molecule has 5 nitrogen and oxygen atoms in total. The molecule has 1 aliphatic rings. The van der Waals surface area contributed by atoms with Crippen molar-refractivity contribution in [3.05, 3.63) is 65.5 Å². The molecule has 2 aromatic rings. The molecular formula is C22H29FN4O. The number of aromatic hydroxyl groups is 1. The van der Waals surface area contributed by atoms with Gasteiger partial charge in [0.25, 0.3) is 0 Å². The molecule has 0 bridgehead atoms. The lowest BCUT2D eigenvalue weighted by molar-refractivity contribution is 0.198. The van der Waals surface area contributed by atoms with Crippen molar-refractivity contribution in [1.29, 1.82) is 0 Å². The Bertz CT molecular complexity index is 770. The molecule has 1 aliphatic heterocycles. The molecule has 0 aliphatic carbocycles. The van der Waals surface area contributed by atoms with Crippen molar-refractivity contribution in [2.24, 2.45) is 4.99 Å². The SMILES string of the molecule is CCNC(=NCc1cccc(O)c1)NC1CCN(Cc2ccc(F)cc2)CC1. The summed E-state index contributed by atoms with van der Waals surface area (Å²) in [5, 5.41) is 16.4. The number of benzene rings is 2. The monoisotopic (exact) mass is 384 g/mol. The van der Waals surface area contributed by atoms with Gasteiger partial charge in [0.05, 0.1) is 6.54 Å². The lowest BCUT2D eigenvalue weighted by Gasteiger charge is -2.33. The van der Waals surface area contributed by atoms with Crippen LogP contribution in [0.5, 0.6) is 5.75 Å². The van der Waals surface area contributed by atoms with Crippen LogP contribution in [0, 0.1) is 5.82 Å². The maximum absolute atomic E-state index is 13.0. The van der Waals surface area contributed by atoms with Crippen LogP contribution >= 0.6 is 0 Å². The Morgan fingerprint density at radius 1 is 1.14 bits per heavy atom. The van der Waals surface area contributed by atoms with E-state index in [1.165, 1.54) is 12.1 Å². The highest BCUT2D eigenvalue weighted by Crippen LogP contribution is 2.15. The number of hydrogen-bond acceptors (Lipinski definition) is 3. The second-order valence-corrected chi connectivity index (χ2v) is 7.19. The Balaban J connectivity index is 1.49. The van der Waals surface area contributed by atoms with Crippen LogP contribution in [-0.2, 0) is 13.1 Å². The summed E-state index contributed by atoms with van der Waals surface area (Å²) in [7, 11) is 0. The van der Waals surface area contributed by atoms with E-state index in [-0.39, 0.29) is 11.6 Å². The van der Waals surface area contributed by atoms with Crippen LogP contribution in [0.15, 0.2) is 53.5 Å². The molecule has 0 aromatic heterocycles. The van der Waals surface area contributed by atoms with E-state index in [9.17, 15) is 9.50 Å². The summed E-state index contributed by atoms with van der Waals surface area (Å²) >= 11 is 0. The fourth-order valence-corrected chi connectivity index (χ4v) is 3.42. The van der Waals surface area contributed by atoms with Crippen molar-refractivity contribution in [2.45, 2.75) is 38.9 Å². The summed E-state index contributed by atoms with van der Waals surface area (Å²) in [6.07, 6.45) is 2.08. The van der Waals surface area contributed by atoms with Crippen LogP contribution in [-0.4, -0.2) is 41.6 Å². The van der Waals surface area contributed by atoms with Gasteiger partial charge in [0.1, 0.15) is 11.6 Å². The van der Waals surface area contributed by atoms with Crippen molar-refractivity contribution >= 4 is 5.96 Å². The topological polar surface area (TPSA) is 59.9 Å². The molecule has 28 heavy (non-hydrogen) atoms. The number of rotatable bonds is 6. The van der Waals surface area contributed by atoms with Crippen LogP contribution < -0.4 is 10.6 Å². The number of likely N-dealkylation sites (tertiary alicyclic amines) is 1. The van der Waals surface area contributed by atoms with Gasteiger partial charge in [-0.05, 0) is 55.2 Å². The van der Waals surface area contributed by atoms with E-state index in [2.05, 4.69) is 27.4 Å². The minimum atomic E-state index is -0.187. The lowest BCUT2D eigenvalue weighted by Crippen LogP contribution is -2.48. The van der Waals surface area contributed by atoms with Crippen molar-refractivity contribution < 1.29 is 9.50 Å². The molecule has 3 rings (SSSR count). The van der Waals surface area contributed by atoms with E-state index >= 15 is 0 Å². The third-order valence-corrected chi connectivity index (χ3v) is 4.92. The highest BCUT2D eigenvalue weighted by Gasteiger charge is 2.20. The van der Waals surface area contributed by atoms with Gasteiger partial charge in [-0.15, -0.1) is 0 Å². The van der Waals surface area contributed by atoms with E-state index in [4.69, 9.17) is 0 Å². The third kappa shape index (κ3) is 6.23. The first kappa shape index (κ1) is 20.1. The first-order chi connectivity index (χ1) is 13.6. The molecule has 150 valence electrons. The number of nitrogens with zero attached hydrogens (tertiary/aromatic N) is 2. The molecular weight excluding hydrogens is 355 g/mol. The second-order valence-electron chi connectivity index (χ2n) is 7.19. The predicted molar refractivity (Wildman–Crippen MR) is 111 cm³/mol. The number of nitrogens with one attached hydrogen (secondary N) is 2. The zero-order valence-electron chi connectivity index (χ0n) is 16.4. The Morgan fingerprint density at radius 2 is 1.89 bits per heavy atom. The van der Waals surface area contributed by atoms with Crippen molar-refractivity contribution in [3.63, 3.8) is 0 Å². The molecule has 0 amide bonds. The molecule has 0 atom stereocenters. The van der Waals surface area contributed by atoms with E-state index in [1.54, 1.807) is 12.1 Å². The second kappa shape index (κ2) is 10.1. The van der Waals surface area contributed by atoms with Crippen molar-refractivity contribution in [1.82, 2.24) is 15.5 Å². The van der Waals surface area contributed by atoms with Crippen LogP contribution in [0.25, 0.3) is 0 Å². The van der Waals surface area contributed by atoms with Gasteiger partial charge in [-0.25, -0.2) is 9.38 Å². The third-order valence-electron chi connectivity index (χ3n) is 4.92. The standard InChI is InChI=1S/C22H29FN4O/c1-2-24-22(25-15-18-4-3-5-21(28)14-18)26-20-10-12-27(13-11-20)16-17-6-8-19(23)9-7-17/h3-9,14,20,28H,2,10-13,15-16H2,1H3,(H2,24,25,26). The zero-order chi connectivity index (χ0) is 19.8. The Kier molecular flexibility index (Phi) is 7.25. The molecule has 1 saturated heterocycles. The average molecular weight is 384 g/mol. The first-order valence-electron chi connectivity index (χ1n) is 9.92. The molecule has 2 aromatic carbocycles. The average Bonchev–Trinajstić information content (AvgIpc) is 2.70. The van der Waals surface area contributed by atoms with Gasteiger partial charge in [0.2, 0.25) is 0 Å². The Morgan fingerprint density at radius 3 is 2.57 bits per heavy atom. The number of hydrogen-bond donors (Lipinski definition) is 3. The molecule has 3 N–H and O–H groups in total. The van der Waals surface area contributed by atoms with Crippen LogP contribution in [0.2, 0.25) is 0 Å². The minimum Gasteiger partial charge on any atom is -0.508 e. The molecule has 0 saturated carbocycles. The quantitative estimate of drug-likeness (QED) is 0.529. The Hall–Kier alpha value is -2.60. The molecule has 1 fully saturated rings. The number of phenols is 1. The minimum absolute atomic E-state index is 0.187. The zero-order valence-corrected chi connectivity index (χ0v) is 16.4. The van der Waals surface area contributed by atoms with Crippen molar-refractivity contribution in [3.8, 4) is 5.75 Å². The van der Waals surface area contributed by atoms with E-state index in [0.29, 0.717) is 12.6 Å². The highest BCUT2D eigenvalue weighted by atomic mass is 19.1. The van der Waals surface area contributed by atoms with E-state index in [1.807, 2.05) is 24.3 Å². The normalized spacial score (nSPS) is 16.1. The number of piperidine rings is 1. The lowest BCUT2D eigenvalue weighted by atomic mass is 10.0. The van der Waals surface area contributed by atoms with Crippen LogP contribution in [0.3, 0.4) is 0 Å². The number of aliphatic imine (C=N–C) groups is 1. The fraction of sp³-hybridized carbons (Fsp3) is 0.409. The van der Waals surface area contributed by atoms with Gasteiger partial charge in [-0.1, -0.05) is 24.3 Å². The predicted octanol–water partition coefficient (Wildman–Crippen LogP) is 3.25. The van der Waals surface area contributed by atoms with Crippen LogP contribution in [0.1, 0.15) is 30.9 Å². The first-order valence-corrected chi connectivity index (χ1v) is 9.92. The number of phenolic OH excluding ortho intramolecular Hbond substituents is 1. The Labute approximate surface area is 166 Å². The summed E-state index contributed by atoms with van der Waals surface area (Å²) in [6.45, 7) is 6.24. The van der Waals surface area contributed by atoms with E-state index < -0.39 is 0 Å². The van der Waals surface area contributed by atoms with Gasteiger partial charge in [-0.3, -0.25) is 4.90 Å². The fourth-order valence-electron chi connectivity index (χ4n) is 3.42. The van der Waals surface area contributed by atoms with Gasteiger partial charge in [0.15, 0.2) is 5.96 Å². The van der Waals surface area contributed by atoms with Crippen LogP contribution in [0.4, 0.5) is 4.39 Å². The van der Waals surface area contributed by atoms with Gasteiger partial charge >= 0.3 is 0 Å². The van der Waals surface area contributed by atoms with Gasteiger partial charge in [-0.2, -0.15) is 0 Å². The molecule has 0 spiro atoms. The summed E-state index contributed by atoms with van der Waals surface area (Å²) in [5.74, 6) is 0.884. The summed E-state index contributed by atoms with van der Waals surface area (Å²) in [5.41, 5.74) is 2.13. The van der Waals surface area contributed by atoms with Gasteiger partial charge in [0, 0.05) is 32.2 Å². The smallest absolute Gasteiger partial charge is 0.191 e. The summed E-state index contributed by atoms with van der Waals surface area (Å²) < 4.78 is 13.0. The van der Waals surface area contributed by atoms with E-state index in [0.717, 1.165) is 56.1 Å². The largest absolute Gasteiger partial charge is 0.508 e. The molecule has 1 heterocycles. The maximum Gasteiger partial charge on any atom is 0.191 e. The highest BCUT2D eigenvalue weighted by molar-refractivity contribution is 5.80. The number of guanidine groups is 1. The maximum atomic E-state index is 13.0. The van der Waals surface area contributed by atoms with Gasteiger partial charge < -0.3 is 15.7 Å². The molecule has 0 radical (unpaired) electrons. The summed E-state index contributed by atoms with van der Waals surface area (Å²) in [4.78, 5) is 7.05. The summed E-state index contributed by atoms with van der Waals surface area (Å²) in [6, 6.07) is 14.3. The van der Waals surface area contributed by atoms with Crippen molar-refractivity contribution in [2.75, 3.05) is 19.6 Å².